The third-order valence-electron chi connectivity index (χ3n) is 3.70. The molecule has 7 nitrogen and oxygen atoms in total. The second kappa shape index (κ2) is 7.35. The number of amides is 2. The zero-order valence-electron chi connectivity index (χ0n) is 13.5. The quantitative estimate of drug-likeness (QED) is 0.841. The molecule has 1 fully saturated rings. The van der Waals surface area contributed by atoms with Crippen LogP contribution < -0.4 is 10.2 Å². The standard InChI is InChI=1S/C17H15ClN2O5S/c18-12-4-6-15(7-5-12)26(23,24)11-16(21)19-13-2-1-3-14(10-13)20-8-9-25-17(20)22/h1-7,10H,8-9,11H2,(H,19,21). The van der Waals surface area contributed by atoms with Gasteiger partial charge in [-0.15, -0.1) is 0 Å². The van der Waals surface area contributed by atoms with Crippen LogP contribution in [0.5, 0.6) is 0 Å². The average molecular weight is 395 g/mol. The SMILES string of the molecule is O=C(CS(=O)(=O)c1ccc(Cl)cc1)Nc1cccc(N2CCOC2=O)c1. The van der Waals surface area contributed by atoms with Crippen molar-refractivity contribution < 1.29 is 22.7 Å². The number of carbonyl (C=O) groups is 2. The van der Waals surface area contributed by atoms with E-state index in [0.717, 1.165) is 0 Å². The molecule has 0 radical (unpaired) electrons. The lowest BCUT2D eigenvalue weighted by Gasteiger charge is -2.14. The fraction of sp³-hybridized carbons (Fsp3) is 0.176. The number of carbonyl (C=O) groups excluding carboxylic acids is 2. The van der Waals surface area contributed by atoms with E-state index in [1.165, 1.54) is 29.2 Å². The van der Waals surface area contributed by atoms with E-state index in [-0.39, 0.29) is 4.90 Å². The molecule has 0 spiro atoms. The molecule has 1 saturated heterocycles. The lowest BCUT2D eigenvalue weighted by molar-refractivity contribution is -0.113. The molecule has 1 aliphatic rings. The molecule has 0 unspecified atom stereocenters. The predicted molar refractivity (Wildman–Crippen MR) is 97.3 cm³/mol. The number of anilines is 2. The average Bonchev–Trinajstić information content (AvgIpc) is 3.01. The van der Waals surface area contributed by atoms with Crippen molar-refractivity contribution in [3.63, 3.8) is 0 Å². The van der Waals surface area contributed by atoms with Gasteiger partial charge in [-0.2, -0.15) is 0 Å². The summed E-state index contributed by atoms with van der Waals surface area (Å²) in [6.07, 6.45) is -0.459. The van der Waals surface area contributed by atoms with Crippen LogP contribution in [-0.2, 0) is 19.4 Å². The molecule has 2 aromatic rings. The Hall–Kier alpha value is -2.58. The van der Waals surface area contributed by atoms with Gasteiger partial charge in [0, 0.05) is 16.4 Å². The van der Waals surface area contributed by atoms with Crippen molar-refractivity contribution in [3.05, 3.63) is 53.6 Å². The predicted octanol–water partition coefficient (Wildman–Crippen LogP) is 2.71. The van der Waals surface area contributed by atoms with Crippen LogP contribution in [0.1, 0.15) is 0 Å². The molecule has 0 saturated carbocycles. The normalized spacial score (nSPS) is 14.2. The highest BCUT2D eigenvalue weighted by molar-refractivity contribution is 7.92. The number of nitrogens with one attached hydrogen (secondary N) is 1. The third-order valence-corrected chi connectivity index (χ3v) is 5.58. The number of benzene rings is 2. The minimum absolute atomic E-state index is 0.0191. The summed E-state index contributed by atoms with van der Waals surface area (Å²) in [5.74, 6) is -1.38. The van der Waals surface area contributed by atoms with E-state index in [9.17, 15) is 18.0 Å². The van der Waals surface area contributed by atoms with Crippen molar-refractivity contribution in [1.82, 2.24) is 0 Å². The molecule has 3 rings (SSSR count). The van der Waals surface area contributed by atoms with Crippen LogP contribution >= 0.6 is 11.6 Å². The Labute approximate surface area is 155 Å². The van der Waals surface area contributed by atoms with Gasteiger partial charge in [0.25, 0.3) is 0 Å². The van der Waals surface area contributed by atoms with Crippen molar-refractivity contribution in [2.45, 2.75) is 4.90 Å². The Kier molecular flexibility index (Phi) is 5.15. The summed E-state index contributed by atoms with van der Waals surface area (Å²) in [6, 6.07) is 12.2. The van der Waals surface area contributed by atoms with E-state index in [0.29, 0.717) is 29.5 Å². The Bertz CT molecular complexity index is 944. The molecule has 2 amide bonds. The first-order valence-corrected chi connectivity index (χ1v) is 9.71. The van der Waals surface area contributed by atoms with Gasteiger partial charge in [-0.05, 0) is 42.5 Å². The third kappa shape index (κ3) is 4.14. The molecule has 9 heteroatoms. The number of sulfone groups is 1. The summed E-state index contributed by atoms with van der Waals surface area (Å²) in [7, 11) is -3.79. The van der Waals surface area contributed by atoms with Gasteiger partial charge >= 0.3 is 6.09 Å². The van der Waals surface area contributed by atoms with Gasteiger partial charge in [-0.1, -0.05) is 17.7 Å². The molecule has 0 aromatic heterocycles. The maximum Gasteiger partial charge on any atom is 0.414 e. The number of halogens is 1. The summed E-state index contributed by atoms with van der Waals surface area (Å²) in [5.41, 5.74) is 0.948. The highest BCUT2D eigenvalue weighted by Gasteiger charge is 2.24. The Balaban J connectivity index is 1.70. The molecule has 1 heterocycles. The zero-order chi connectivity index (χ0) is 18.7. The number of hydrogen-bond donors (Lipinski definition) is 1. The van der Waals surface area contributed by atoms with E-state index < -0.39 is 27.6 Å². The van der Waals surface area contributed by atoms with Crippen LogP contribution in [0.4, 0.5) is 16.2 Å². The minimum atomic E-state index is -3.79. The van der Waals surface area contributed by atoms with Crippen LogP contribution in [0.15, 0.2) is 53.4 Å². The fourth-order valence-electron chi connectivity index (χ4n) is 2.47. The van der Waals surface area contributed by atoms with Gasteiger partial charge in [0.2, 0.25) is 5.91 Å². The van der Waals surface area contributed by atoms with Gasteiger partial charge in [0.1, 0.15) is 12.4 Å². The van der Waals surface area contributed by atoms with E-state index in [4.69, 9.17) is 16.3 Å². The summed E-state index contributed by atoms with van der Waals surface area (Å²) >= 11 is 5.74. The second-order valence-electron chi connectivity index (χ2n) is 5.58. The Morgan fingerprint density at radius 1 is 1.19 bits per heavy atom. The number of cyclic esters (lactones) is 1. The van der Waals surface area contributed by atoms with Crippen molar-refractivity contribution >= 4 is 44.8 Å². The van der Waals surface area contributed by atoms with Crippen LogP contribution in [0.3, 0.4) is 0 Å². The molecular formula is C17H15ClN2O5S. The van der Waals surface area contributed by atoms with Gasteiger partial charge in [0.05, 0.1) is 11.4 Å². The number of ether oxygens (including phenoxy) is 1. The first kappa shape index (κ1) is 18.2. The van der Waals surface area contributed by atoms with Crippen LogP contribution in [0.2, 0.25) is 5.02 Å². The first-order chi connectivity index (χ1) is 12.3. The second-order valence-corrected chi connectivity index (χ2v) is 8.00. The molecule has 1 aliphatic heterocycles. The van der Waals surface area contributed by atoms with Crippen LogP contribution in [0.25, 0.3) is 0 Å². The fourth-order valence-corrected chi connectivity index (χ4v) is 3.74. The maximum atomic E-state index is 12.3. The Morgan fingerprint density at radius 3 is 2.58 bits per heavy atom. The van der Waals surface area contributed by atoms with Crippen LogP contribution in [-0.4, -0.2) is 39.3 Å². The number of hydrogen-bond acceptors (Lipinski definition) is 5. The monoisotopic (exact) mass is 394 g/mol. The topological polar surface area (TPSA) is 92.8 Å². The van der Waals surface area contributed by atoms with Crippen LogP contribution in [0, 0.1) is 0 Å². The van der Waals surface area contributed by atoms with Crippen molar-refractivity contribution in [2.24, 2.45) is 0 Å². The van der Waals surface area contributed by atoms with Gasteiger partial charge in [-0.3, -0.25) is 9.69 Å². The van der Waals surface area contributed by atoms with Crippen molar-refractivity contribution in [3.8, 4) is 0 Å². The molecule has 0 bridgehead atoms. The van der Waals surface area contributed by atoms with Crippen molar-refractivity contribution in [2.75, 3.05) is 29.1 Å². The minimum Gasteiger partial charge on any atom is -0.447 e. The molecule has 26 heavy (non-hydrogen) atoms. The highest BCUT2D eigenvalue weighted by Crippen LogP contribution is 2.23. The van der Waals surface area contributed by atoms with E-state index >= 15 is 0 Å². The summed E-state index contributed by atoms with van der Waals surface area (Å²) in [4.78, 5) is 25.2. The largest absolute Gasteiger partial charge is 0.447 e. The first-order valence-electron chi connectivity index (χ1n) is 7.68. The summed E-state index contributed by atoms with van der Waals surface area (Å²) in [6.45, 7) is 0.718. The summed E-state index contributed by atoms with van der Waals surface area (Å²) < 4.78 is 29.5. The lowest BCUT2D eigenvalue weighted by atomic mass is 10.2. The molecule has 2 aromatic carbocycles. The number of rotatable bonds is 5. The zero-order valence-corrected chi connectivity index (χ0v) is 15.1. The molecule has 136 valence electrons. The lowest BCUT2D eigenvalue weighted by Crippen LogP contribution is -2.24. The molecule has 1 N–H and O–H groups in total. The molecule has 0 aliphatic carbocycles. The van der Waals surface area contributed by atoms with E-state index in [1.807, 2.05) is 0 Å². The highest BCUT2D eigenvalue weighted by atomic mass is 35.5. The van der Waals surface area contributed by atoms with E-state index in [2.05, 4.69) is 5.32 Å². The van der Waals surface area contributed by atoms with Gasteiger partial charge in [-0.25, -0.2) is 13.2 Å². The smallest absolute Gasteiger partial charge is 0.414 e. The summed E-state index contributed by atoms with van der Waals surface area (Å²) in [5, 5.41) is 2.94. The number of nitrogens with zero attached hydrogens (tertiary/aromatic N) is 1. The van der Waals surface area contributed by atoms with Gasteiger partial charge < -0.3 is 10.1 Å². The Morgan fingerprint density at radius 2 is 1.92 bits per heavy atom. The van der Waals surface area contributed by atoms with Crippen molar-refractivity contribution in [1.29, 1.82) is 0 Å². The van der Waals surface area contributed by atoms with Gasteiger partial charge in [0.15, 0.2) is 9.84 Å². The maximum absolute atomic E-state index is 12.3. The van der Waals surface area contributed by atoms with E-state index in [1.54, 1.807) is 24.3 Å². The molecule has 0 atom stereocenters. The molecular weight excluding hydrogens is 380 g/mol.